The third kappa shape index (κ3) is 4.64. The molecule has 1 saturated heterocycles. The normalized spacial score (nSPS) is 16.4. The van der Waals surface area contributed by atoms with E-state index in [4.69, 9.17) is 5.26 Å². The second-order valence-electron chi connectivity index (χ2n) is 5.02. The van der Waals surface area contributed by atoms with Crippen LogP contribution in [0.2, 0.25) is 0 Å². The summed E-state index contributed by atoms with van der Waals surface area (Å²) in [5.74, 6) is 0. The van der Waals surface area contributed by atoms with Gasteiger partial charge in [0.05, 0.1) is 12.5 Å². The Bertz CT molecular complexity index is 451. The molecule has 1 aliphatic heterocycles. The van der Waals surface area contributed by atoms with E-state index in [1.807, 2.05) is 0 Å². The van der Waals surface area contributed by atoms with Gasteiger partial charge in [0.25, 0.3) is 0 Å². The Morgan fingerprint density at radius 2 is 1.90 bits per heavy atom. The van der Waals surface area contributed by atoms with Crippen LogP contribution in [0, 0.1) is 25.2 Å². The van der Waals surface area contributed by atoms with E-state index in [0.29, 0.717) is 6.42 Å². The molecule has 0 radical (unpaired) electrons. The number of nitriles is 1. The number of halogens is 2. The van der Waals surface area contributed by atoms with E-state index in [-0.39, 0.29) is 30.9 Å². The molecule has 0 saturated carbocycles. The van der Waals surface area contributed by atoms with Gasteiger partial charge in [0.1, 0.15) is 0 Å². The lowest BCUT2D eigenvalue weighted by molar-refractivity contribution is 0.175. The zero-order valence-corrected chi connectivity index (χ0v) is 13.7. The van der Waals surface area contributed by atoms with Crippen LogP contribution < -0.4 is 5.32 Å². The van der Waals surface area contributed by atoms with Gasteiger partial charge >= 0.3 is 0 Å². The van der Waals surface area contributed by atoms with Crippen molar-refractivity contribution in [2.45, 2.75) is 26.3 Å². The fraction of sp³-hybridized carbons (Fsp3) is 0.533. The van der Waals surface area contributed by atoms with Crippen molar-refractivity contribution < 1.29 is 0 Å². The number of nitrogens with zero attached hydrogens (tertiary/aromatic N) is 2. The van der Waals surface area contributed by atoms with Gasteiger partial charge in [-0.25, -0.2) is 0 Å². The second kappa shape index (κ2) is 9.20. The van der Waals surface area contributed by atoms with Crippen LogP contribution in [0.4, 0.5) is 0 Å². The SMILES string of the molecule is Cc1ccc(C)c([C@H](CC#N)N2CCNCC2)c1.Cl.Cl. The minimum absolute atomic E-state index is 0. The molecule has 1 aromatic carbocycles. The zero-order chi connectivity index (χ0) is 13.0. The Morgan fingerprint density at radius 3 is 2.50 bits per heavy atom. The van der Waals surface area contributed by atoms with Crippen LogP contribution in [-0.2, 0) is 0 Å². The molecular weight excluding hydrogens is 293 g/mol. The number of hydrogen-bond acceptors (Lipinski definition) is 3. The molecule has 0 bridgehead atoms. The Hall–Kier alpha value is -0.790. The summed E-state index contributed by atoms with van der Waals surface area (Å²) >= 11 is 0. The first-order valence-corrected chi connectivity index (χ1v) is 6.61. The maximum absolute atomic E-state index is 9.10. The third-order valence-corrected chi connectivity index (χ3v) is 3.67. The average Bonchev–Trinajstić information content (AvgIpc) is 2.40. The van der Waals surface area contributed by atoms with Gasteiger partial charge in [-0.1, -0.05) is 23.8 Å². The fourth-order valence-electron chi connectivity index (χ4n) is 2.63. The van der Waals surface area contributed by atoms with Crippen LogP contribution in [0.1, 0.15) is 29.2 Å². The Morgan fingerprint density at radius 1 is 1.25 bits per heavy atom. The van der Waals surface area contributed by atoms with Crippen LogP contribution >= 0.6 is 24.8 Å². The minimum Gasteiger partial charge on any atom is -0.314 e. The van der Waals surface area contributed by atoms with E-state index in [1.54, 1.807) is 0 Å². The molecule has 0 aliphatic carbocycles. The summed E-state index contributed by atoms with van der Waals surface area (Å²) in [4.78, 5) is 2.43. The number of piperazine rings is 1. The largest absolute Gasteiger partial charge is 0.314 e. The topological polar surface area (TPSA) is 39.1 Å². The minimum atomic E-state index is 0. The van der Waals surface area contributed by atoms with E-state index in [2.05, 4.69) is 48.3 Å². The molecular formula is C15H23Cl2N3. The van der Waals surface area contributed by atoms with Crippen LogP contribution in [0.3, 0.4) is 0 Å². The summed E-state index contributed by atoms with van der Waals surface area (Å²) in [5, 5.41) is 12.5. The van der Waals surface area contributed by atoms with Crippen molar-refractivity contribution in [2.24, 2.45) is 0 Å². The van der Waals surface area contributed by atoms with Crippen LogP contribution in [-0.4, -0.2) is 31.1 Å². The molecule has 0 aromatic heterocycles. The third-order valence-electron chi connectivity index (χ3n) is 3.67. The van der Waals surface area contributed by atoms with Crippen molar-refractivity contribution in [3.8, 4) is 6.07 Å². The molecule has 1 aromatic rings. The summed E-state index contributed by atoms with van der Waals surface area (Å²) < 4.78 is 0. The first-order chi connectivity index (χ1) is 8.72. The zero-order valence-electron chi connectivity index (χ0n) is 12.1. The molecule has 3 nitrogen and oxygen atoms in total. The van der Waals surface area contributed by atoms with Gasteiger partial charge in [-0.2, -0.15) is 5.26 Å². The van der Waals surface area contributed by atoms with Crippen molar-refractivity contribution in [2.75, 3.05) is 26.2 Å². The molecule has 1 heterocycles. The lowest BCUT2D eigenvalue weighted by Gasteiger charge is -2.34. The van der Waals surface area contributed by atoms with Gasteiger partial charge in [-0.15, -0.1) is 24.8 Å². The van der Waals surface area contributed by atoms with Crippen molar-refractivity contribution >= 4 is 24.8 Å². The maximum atomic E-state index is 9.10. The molecule has 1 aliphatic rings. The Kier molecular flexibility index (Phi) is 8.84. The molecule has 2 rings (SSSR count). The highest BCUT2D eigenvalue weighted by molar-refractivity contribution is 5.85. The van der Waals surface area contributed by atoms with E-state index >= 15 is 0 Å². The van der Waals surface area contributed by atoms with E-state index in [0.717, 1.165) is 26.2 Å². The van der Waals surface area contributed by atoms with Crippen molar-refractivity contribution in [1.29, 1.82) is 5.26 Å². The van der Waals surface area contributed by atoms with E-state index in [9.17, 15) is 0 Å². The van der Waals surface area contributed by atoms with Crippen molar-refractivity contribution in [1.82, 2.24) is 10.2 Å². The first kappa shape index (κ1) is 19.2. The standard InChI is InChI=1S/C15H21N3.2ClH/c1-12-3-4-13(2)14(11-12)15(5-6-16)18-9-7-17-8-10-18;;/h3-4,11,15,17H,5,7-10H2,1-2H3;2*1H/t15-;;/m0../s1. The molecule has 0 unspecified atom stereocenters. The smallest absolute Gasteiger partial charge is 0.0641 e. The Balaban J connectivity index is 0.00000180. The average molecular weight is 316 g/mol. The summed E-state index contributed by atoms with van der Waals surface area (Å²) in [5.41, 5.74) is 3.88. The molecule has 1 fully saturated rings. The van der Waals surface area contributed by atoms with Gasteiger partial charge < -0.3 is 5.32 Å². The molecule has 20 heavy (non-hydrogen) atoms. The lowest BCUT2D eigenvalue weighted by atomic mass is 9.95. The second-order valence-corrected chi connectivity index (χ2v) is 5.02. The van der Waals surface area contributed by atoms with Crippen molar-refractivity contribution in [3.05, 3.63) is 34.9 Å². The molecule has 5 heteroatoms. The van der Waals surface area contributed by atoms with E-state index in [1.165, 1.54) is 16.7 Å². The predicted molar refractivity (Wildman–Crippen MR) is 87.8 cm³/mol. The van der Waals surface area contributed by atoms with Crippen LogP contribution in [0.25, 0.3) is 0 Å². The van der Waals surface area contributed by atoms with Crippen LogP contribution in [0.15, 0.2) is 18.2 Å². The summed E-state index contributed by atoms with van der Waals surface area (Å²) in [6.07, 6.45) is 0.574. The fourth-order valence-corrected chi connectivity index (χ4v) is 2.63. The van der Waals surface area contributed by atoms with Crippen LogP contribution in [0.5, 0.6) is 0 Å². The Labute approximate surface area is 134 Å². The van der Waals surface area contributed by atoms with Gasteiger partial charge in [0.15, 0.2) is 0 Å². The van der Waals surface area contributed by atoms with Gasteiger partial charge in [-0.05, 0) is 25.0 Å². The quantitative estimate of drug-likeness (QED) is 0.932. The highest BCUT2D eigenvalue weighted by atomic mass is 35.5. The monoisotopic (exact) mass is 315 g/mol. The maximum Gasteiger partial charge on any atom is 0.0641 e. The predicted octanol–water partition coefficient (Wildman–Crippen LogP) is 3.01. The van der Waals surface area contributed by atoms with Crippen molar-refractivity contribution in [3.63, 3.8) is 0 Å². The van der Waals surface area contributed by atoms with Gasteiger partial charge in [-0.3, -0.25) is 4.90 Å². The summed E-state index contributed by atoms with van der Waals surface area (Å²) in [6.45, 7) is 8.35. The van der Waals surface area contributed by atoms with Gasteiger partial charge in [0.2, 0.25) is 0 Å². The number of hydrogen-bond donors (Lipinski definition) is 1. The van der Waals surface area contributed by atoms with E-state index < -0.39 is 0 Å². The molecule has 1 N–H and O–H groups in total. The molecule has 0 amide bonds. The summed E-state index contributed by atoms with van der Waals surface area (Å²) in [7, 11) is 0. The highest BCUT2D eigenvalue weighted by Gasteiger charge is 2.23. The summed E-state index contributed by atoms with van der Waals surface area (Å²) in [6, 6.07) is 9.13. The number of aryl methyl sites for hydroxylation is 2. The highest BCUT2D eigenvalue weighted by Crippen LogP contribution is 2.27. The number of rotatable bonds is 3. The lowest BCUT2D eigenvalue weighted by Crippen LogP contribution is -2.45. The molecule has 0 spiro atoms. The number of benzene rings is 1. The first-order valence-electron chi connectivity index (χ1n) is 6.61. The van der Waals surface area contributed by atoms with Gasteiger partial charge in [0, 0.05) is 32.2 Å². The number of nitrogens with one attached hydrogen (secondary N) is 1. The molecule has 112 valence electrons. The molecule has 1 atom stereocenters.